The molecule has 2 heteroatoms. The van der Waals surface area contributed by atoms with Crippen LogP contribution in [0.4, 0.5) is 4.39 Å². The molecule has 0 nitrogen and oxygen atoms in total. The van der Waals surface area contributed by atoms with Gasteiger partial charge in [-0.15, -0.1) is 0 Å². The maximum absolute atomic E-state index is 13.0. The summed E-state index contributed by atoms with van der Waals surface area (Å²) in [6.07, 6.45) is 4.68. The van der Waals surface area contributed by atoms with E-state index in [9.17, 15) is 4.39 Å². The number of alkyl halides is 1. The van der Waals surface area contributed by atoms with Gasteiger partial charge < -0.3 is 0 Å². The molecule has 0 saturated heterocycles. The van der Waals surface area contributed by atoms with Crippen LogP contribution in [-0.4, -0.2) is 5.33 Å². The van der Waals surface area contributed by atoms with Crippen LogP contribution in [0.1, 0.15) is 12.0 Å². The van der Waals surface area contributed by atoms with E-state index in [1.165, 1.54) is 6.07 Å². The summed E-state index contributed by atoms with van der Waals surface area (Å²) in [6, 6.07) is 6.75. The average Bonchev–Trinajstić information content (AvgIpc) is 2.09. The van der Waals surface area contributed by atoms with Crippen LogP contribution in [0.15, 0.2) is 30.3 Å². The minimum Gasteiger partial charge on any atom is -0.206 e. The number of hydrogen-bond acceptors (Lipinski definition) is 0. The maximum atomic E-state index is 13.0. The number of rotatable bonds is 3. The zero-order chi connectivity index (χ0) is 8.81. The first-order valence-electron chi connectivity index (χ1n) is 3.81. The van der Waals surface area contributed by atoms with E-state index in [-0.39, 0.29) is 5.82 Å². The second-order valence-electron chi connectivity index (χ2n) is 2.40. The molecule has 0 aromatic heterocycles. The molecule has 64 valence electrons. The maximum Gasteiger partial charge on any atom is 0.130 e. The van der Waals surface area contributed by atoms with Gasteiger partial charge in [0.25, 0.3) is 0 Å². The van der Waals surface area contributed by atoms with Gasteiger partial charge in [-0.05, 0) is 12.5 Å². The van der Waals surface area contributed by atoms with Gasteiger partial charge in [-0.1, -0.05) is 46.3 Å². The van der Waals surface area contributed by atoms with Crippen molar-refractivity contribution in [3.8, 4) is 0 Å². The Morgan fingerprint density at radius 1 is 1.33 bits per heavy atom. The quantitative estimate of drug-likeness (QED) is 0.694. The predicted molar refractivity (Wildman–Crippen MR) is 53.8 cm³/mol. The normalized spacial score (nSPS) is 10.8. The summed E-state index contributed by atoms with van der Waals surface area (Å²) >= 11 is 3.30. The van der Waals surface area contributed by atoms with E-state index in [0.717, 1.165) is 11.8 Å². The molecule has 0 saturated carbocycles. The van der Waals surface area contributed by atoms with Crippen molar-refractivity contribution in [3.05, 3.63) is 41.7 Å². The van der Waals surface area contributed by atoms with Crippen LogP contribution < -0.4 is 0 Å². The van der Waals surface area contributed by atoms with Crippen LogP contribution in [0.25, 0.3) is 6.08 Å². The highest BCUT2D eigenvalue weighted by atomic mass is 79.9. The van der Waals surface area contributed by atoms with Gasteiger partial charge in [0.05, 0.1) is 0 Å². The van der Waals surface area contributed by atoms with Gasteiger partial charge in [0.15, 0.2) is 0 Å². The van der Waals surface area contributed by atoms with Crippen molar-refractivity contribution in [3.63, 3.8) is 0 Å². The smallest absolute Gasteiger partial charge is 0.130 e. The Hall–Kier alpha value is -0.630. The zero-order valence-corrected chi connectivity index (χ0v) is 8.22. The van der Waals surface area contributed by atoms with E-state index in [0.29, 0.717) is 5.56 Å². The molecule has 0 bridgehead atoms. The Labute approximate surface area is 80.2 Å². The summed E-state index contributed by atoms with van der Waals surface area (Å²) < 4.78 is 13.0. The fourth-order valence-corrected chi connectivity index (χ4v) is 1.15. The van der Waals surface area contributed by atoms with Crippen molar-refractivity contribution in [1.82, 2.24) is 0 Å². The Balaban J connectivity index is 2.68. The highest BCUT2D eigenvalue weighted by Gasteiger charge is 1.93. The number of halogens is 2. The first-order chi connectivity index (χ1) is 5.84. The monoisotopic (exact) mass is 228 g/mol. The second kappa shape index (κ2) is 5.09. The molecule has 1 rings (SSSR count). The van der Waals surface area contributed by atoms with E-state index < -0.39 is 0 Å². The fourth-order valence-electron chi connectivity index (χ4n) is 0.884. The van der Waals surface area contributed by atoms with Crippen molar-refractivity contribution in [1.29, 1.82) is 0 Å². The van der Waals surface area contributed by atoms with Gasteiger partial charge in [0.2, 0.25) is 0 Å². The van der Waals surface area contributed by atoms with Crippen molar-refractivity contribution >= 4 is 22.0 Å². The summed E-state index contributed by atoms with van der Waals surface area (Å²) in [7, 11) is 0. The Kier molecular flexibility index (Phi) is 4.01. The Morgan fingerprint density at radius 3 is 2.75 bits per heavy atom. The third-order valence-electron chi connectivity index (χ3n) is 1.48. The molecule has 1 aromatic carbocycles. The van der Waals surface area contributed by atoms with E-state index in [1.54, 1.807) is 18.2 Å². The number of benzene rings is 1. The minimum atomic E-state index is -0.164. The highest BCUT2D eigenvalue weighted by Crippen LogP contribution is 2.08. The van der Waals surface area contributed by atoms with Crippen LogP contribution in [0, 0.1) is 5.82 Å². The molecular formula is C10H10BrF. The molecule has 12 heavy (non-hydrogen) atoms. The lowest BCUT2D eigenvalue weighted by Crippen LogP contribution is -1.79. The summed E-state index contributed by atoms with van der Waals surface area (Å²) in [5.41, 5.74) is 0.651. The first kappa shape index (κ1) is 9.46. The van der Waals surface area contributed by atoms with Crippen LogP contribution in [0.2, 0.25) is 0 Å². The lowest BCUT2D eigenvalue weighted by atomic mass is 10.2. The van der Waals surface area contributed by atoms with Crippen LogP contribution >= 0.6 is 15.9 Å². The molecule has 0 aliphatic carbocycles. The molecule has 0 heterocycles. The molecule has 0 N–H and O–H groups in total. The fraction of sp³-hybridized carbons (Fsp3) is 0.200. The third kappa shape index (κ3) is 2.78. The molecule has 0 unspecified atom stereocenters. The lowest BCUT2D eigenvalue weighted by Gasteiger charge is -1.93. The molecule has 0 radical (unpaired) electrons. The molecular weight excluding hydrogens is 219 g/mol. The molecule has 0 aliphatic rings. The van der Waals surface area contributed by atoms with Gasteiger partial charge in [0.1, 0.15) is 5.82 Å². The standard InChI is InChI=1S/C10H10BrF/c11-8-4-3-6-9-5-1-2-7-10(9)12/h1-3,5-7H,4,8H2/b6-3+. The van der Waals surface area contributed by atoms with Gasteiger partial charge in [-0.25, -0.2) is 4.39 Å². The van der Waals surface area contributed by atoms with E-state index in [1.807, 2.05) is 12.1 Å². The zero-order valence-electron chi connectivity index (χ0n) is 6.63. The average molecular weight is 229 g/mol. The van der Waals surface area contributed by atoms with Crippen LogP contribution in [0.3, 0.4) is 0 Å². The number of hydrogen-bond donors (Lipinski definition) is 0. The van der Waals surface area contributed by atoms with Gasteiger partial charge >= 0.3 is 0 Å². The van der Waals surface area contributed by atoms with Crippen molar-refractivity contribution in [2.75, 3.05) is 5.33 Å². The summed E-state index contributed by atoms with van der Waals surface area (Å²) in [6.45, 7) is 0. The van der Waals surface area contributed by atoms with E-state index in [4.69, 9.17) is 0 Å². The summed E-state index contributed by atoms with van der Waals surface area (Å²) in [5, 5.41) is 0.915. The molecule has 0 atom stereocenters. The van der Waals surface area contributed by atoms with Crippen molar-refractivity contribution < 1.29 is 4.39 Å². The van der Waals surface area contributed by atoms with E-state index >= 15 is 0 Å². The van der Waals surface area contributed by atoms with Gasteiger partial charge in [-0.3, -0.25) is 0 Å². The largest absolute Gasteiger partial charge is 0.206 e. The van der Waals surface area contributed by atoms with Crippen molar-refractivity contribution in [2.24, 2.45) is 0 Å². The molecule has 0 aliphatic heterocycles. The summed E-state index contributed by atoms with van der Waals surface area (Å²) in [5.74, 6) is -0.164. The Morgan fingerprint density at radius 2 is 2.08 bits per heavy atom. The van der Waals surface area contributed by atoms with E-state index in [2.05, 4.69) is 15.9 Å². The predicted octanol–water partition coefficient (Wildman–Crippen LogP) is 3.62. The topological polar surface area (TPSA) is 0 Å². The third-order valence-corrected chi connectivity index (χ3v) is 1.94. The number of allylic oxidation sites excluding steroid dienone is 1. The van der Waals surface area contributed by atoms with Crippen LogP contribution in [0.5, 0.6) is 0 Å². The first-order valence-corrected chi connectivity index (χ1v) is 4.94. The Bertz CT molecular complexity index is 268. The van der Waals surface area contributed by atoms with Crippen molar-refractivity contribution in [2.45, 2.75) is 6.42 Å². The molecule has 0 fully saturated rings. The second-order valence-corrected chi connectivity index (χ2v) is 3.19. The molecule has 1 aromatic rings. The van der Waals surface area contributed by atoms with Gasteiger partial charge in [0, 0.05) is 10.9 Å². The molecule has 0 spiro atoms. The minimum absolute atomic E-state index is 0.164. The summed E-state index contributed by atoms with van der Waals surface area (Å²) in [4.78, 5) is 0. The SMILES string of the molecule is Fc1ccccc1/C=C/CCBr. The highest BCUT2D eigenvalue weighted by molar-refractivity contribution is 9.09. The lowest BCUT2D eigenvalue weighted by molar-refractivity contribution is 0.625. The van der Waals surface area contributed by atoms with Gasteiger partial charge in [-0.2, -0.15) is 0 Å². The van der Waals surface area contributed by atoms with Crippen LogP contribution in [-0.2, 0) is 0 Å². The molecule has 0 amide bonds.